The molecule has 0 saturated carbocycles. The van der Waals surface area contributed by atoms with Crippen molar-refractivity contribution >= 4 is 17.4 Å². The molecule has 1 aromatic rings. The summed E-state index contributed by atoms with van der Waals surface area (Å²) in [6.07, 6.45) is 16.6. The SMILES string of the molecule is CC(=N)[C@H](CCCCNC(=N)CCc1cn(C(C)C)nn1)NC(=N)/C1=C/CC(C)CCCCCC1. The van der Waals surface area contributed by atoms with Crippen molar-refractivity contribution in [3.8, 4) is 0 Å². The lowest BCUT2D eigenvalue weighted by molar-refractivity contribution is 0.484. The van der Waals surface area contributed by atoms with E-state index in [0.29, 0.717) is 42.2 Å². The van der Waals surface area contributed by atoms with Crippen molar-refractivity contribution in [2.75, 3.05) is 6.54 Å². The topological polar surface area (TPSA) is 126 Å². The Kier molecular flexibility index (Phi) is 12.7. The maximum atomic E-state index is 8.65. The minimum atomic E-state index is -0.0979. The van der Waals surface area contributed by atoms with Crippen LogP contribution in [0.3, 0.4) is 0 Å². The highest BCUT2D eigenvalue weighted by Crippen LogP contribution is 2.21. The smallest absolute Gasteiger partial charge is 0.121 e. The van der Waals surface area contributed by atoms with Crippen molar-refractivity contribution in [3.63, 3.8) is 0 Å². The number of rotatable bonds is 12. The van der Waals surface area contributed by atoms with Crippen LogP contribution in [0.25, 0.3) is 0 Å². The monoisotopic (exact) mass is 484 g/mol. The largest absolute Gasteiger partial charge is 0.374 e. The van der Waals surface area contributed by atoms with Gasteiger partial charge >= 0.3 is 0 Å². The molecule has 8 nitrogen and oxygen atoms in total. The molecule has 0 saturated heterocycles. The Morgan fingerprint density at radius 1 is 1.14 bits per heavy atom. The van der Waals surface area contributed by atoms with Crippen LogP contribution in [-0.4, -0.2) is 45.0 Å². The molecule has 2 rings (SSSR count). The molecule has 0 spiro atoms. The summed E-state index contributed by atoms with van der Waals surface area (Å²) in [5.74, 6) is 1.71. The molecule has 1 aliphatic carbocycles. The second kappa shape index (κ2) is 15.5. The van der Waals surface area contributed by atoms with Gasteiger partial charge < -0.3 is 16.0 Å². The van der Waals surface area contributed by atoms with Gasteiger partial charge in [0, 0.05) is 37.3 Å². The minimum Gasteiger partial charge on any atom is -0.374 e. The Morgan fingerprint density at radius 3 is 2.63 bits per heavy atom. The first-order valence-corrected chi connectivity index (χ1v) is 13.6. The molecule has 0 bridgehead atoms. The summed E-state index contributed by atoms with van der Waals surface area (Å²) < 4.78 is 1.85. The number of allylic oxidation sites excluding steroid dienone is 1. The minimum absolute atomic E-state index is 0.0979. The number of aromatic nitrogens is 3. The molecule has 1 aliphatic rings. The van der Waals surface area contributed by atoms with Gasteiger partial charge in [-0.05, 0) is 70.8 Å². The van der Waals surface area contributed by atoms with Gasteiger partial charge in [-0.1, -0.05) is 43.9 Å². The number of unbranched alkanes of at least 4 members (excludes halogenated alkanes) is 1. The average Bonchev–Trinajstić information content (AvgIpc) is 3.30. The van der Waals surface area contributed by atoms with Crippen LogP contribution in [-0.2, 0) is 6.42 Å². The van der Waals surface area contributed by atoms with Gasteiger partial charge in [-0.2, -0.15) is 0 Å². The van der Waals surface area contributed by atoms with E-state index in [2.05, 4.69) is 47.8 Å². The molecule has 0 radical (unpaired) electrons. The fraction of sp³-hybridized carbons (Fsp3) is 0.741. The molecule has 0 aliphatic heterocycles. The van der Waals surface area contributed by atoms with Crippen molar-refractivity contribution in [1.82, 2.24) is 25.6 Å². The predicted octanol–water partition coefficient (Wildman–Crippen LogP) is 5.81. The third-order valence-corrected chi connectivity index (χ3v) is 6.80. The molecule has 5 N–H and O–H groups in total. The highest BCUT2D eigenvalue weighted by molar-refractivity contribution is 5.99. The first-order chi connectivity index (χ1) is 16.8. The standard InChI is InChI=1S/C27H48N8/c1-20(2)35-19-24(33-34-35)16-17-26(29)31-18-10-9-13-25(22(4)28)32-27(30)23-12-8-6-5-7-11-21(3)14-15-23/h15,19-21,25,28H,5-14,16-18H2,1-4H3,(H2,29,31)(H2,30,32)/b23-15+,28-22?/t21?,25-/m0/s1. The summed E-state index contributed by atoms with van der Waals surface area (Å²) in [4.78, 5) is 0. The summed E-state index contributed by atoms with van der Waals surface area (Å²) in [6.45, 7) is 9.04. The summed E-state index contributed by atoms with van der Waals surface area (Å²) in [7, 11) is 0. The third-order valence-electron chi connectivity index (χ3n) is 6.80. The third kappa shape index (κ3) is 11.2. The number of hydrogen-bond donors (Lipinski definition) is 5. The van der Waals surface area contributed by atoms with Gasteiger partial charge in [0.15, 0.2) is 0 Å². The second-order valence-electron chi connectivity index (χ2n) is 10.5. The van der Waals surface area contributed by atoms with Crippen molar-refractivity contribution in [2.24, 2.45) is 5.92 Å². The molecule has 0 fully saturated rings. The number of hydrogen-bond acceptors (Lipinski definition) is 5. The van der Waals surface area contributed by atoms with E-state index < -0.39 is 0 Å². The van der Waals surface area contributed by atoms with Crippen LogP contribution in [0, 0.1) is 22.1 Å². The summed E-state index contributed by atoms with van der Waals surface area (Å²) in [6, 6.07) is 0.200. The van der Waals surface area contributed by atoms with Crippen LogP contribution in [0.5, 0.6) is 0 Å². The highest BCUT2D eigenvalue weighted by atomic mass is 15.4. The zero-order valence-electron chi connectivity index (χ0n) is 22.4. The molecule has 8 heteroatoms. The molecule has 1 unspecified atom stereocenters. The van der Waals surface area contributed by atoms with Gasteiger partial charge in [-0.25, -0.2) is 4.68 Å². The van der Waals surface area contributed by atoms with E-state index in [9.17, 15) is 0 Å². The van der Waals surface area contributed by atoms with Crippen LogP contribution in [0.2, 0.25) is 0 Å². The number of nitrogens with zero attached hydrogens (tertiary/aromatic N) is 3. The summed E-state index contributed by atoms with van der Waals surface area (Å²) in [5.41, 5.74) is 2.62. The summed E-state index contributed by atoms with van der Waals surface area (Å²) in [5, 5.41) is 39.9. The van der Waals surface area contributed by atoms with E-state index in [1.54, 1.807) is 0 Å². The maximum Gasteiger partial charge on any atom is 0.121 e. The van der Waals surface area contributed by atoms with Crippen LogP contribution < -0.4 is 10.6 Å². The van der Waals surface area contributed by atoms with Crippen molar-refractivity contribution < 1.29 is 0 Å². The van der Waals surface area contributed by atoms with Gasteiger partial charge in [-0.3, -0.25) is 10.8 Å². The lowest BCUT2D eigenvalue weighted by Crippen LogP contribution is -2.40. The lowest BCUT2D eigenvalue weighted by atomic mass is 9.93. The molecule has 35 heavy (non-hydrogen) atoms. The number of nitrogens with one attached hydrogen (secondary N) is 5. The Hall–Kier alpha value is -2.51. The van der Waals surface area contributed by atoms with Crippen LogP contribution in [0.15, 0.2) is 17.8 Å². The van der Waals surface area contributed by atoms with Gasteiger partial charge in [-0.15, -0.1) is 5.10 Å². The molecule has 1 aromatic heterocycles. The number of amidine groups is 2. The van der Waals surface area contributed by atoms with E-state index >= 15 is 0 Å². The molecule has 2 atom stereocenters. The molecular formula is C27H48N8. The highest BCUT2D eigenvalue weighted by Gasteiger charge is 2.16. The summed E-state index contributed by atoms with van der Waals surface area (Å²) >= 11 is 0. The van der Waals surface area contributed by atoms with E-state index in [1.165, 1.54) is 25.7 Å². The molecule has 0 aromatic carbocycles. The van der Waals surface area contributed by atoms with E-state index in [4.69, 9.17) is 16.2 Å². The maximum absolute atomic E-state index is 8.65. The Bertz CT molecular complexity index is 838. The van der Waals surface area contributed by atoms with E-state index in [-0.39, 0.29) is 6.04 Å². The van der Waals surface area contributed by atoms with Crippen molar-refractivity contribution in [2.45, 2.75) is 117 Å². The Balaban J connectivity index is 1.70. The zero-order chi connectivity index (χ0) is 25.6. The van der Waals surface area contributed by atoms with Crippen molar-refractivity contribution in [3.05, 3.63) is 23.5 Å². The predicted molar refractivity (Wildman–Crippen MR) is 146 cm³/mol. The first-order valence-electron chi connectivity index (χ1n) is 13.6. The van der Waals surface area contributed by atoms with Gasteiger partial charge in [0.05, 0.1) is 17.6 Å². The van der Waals surface area contributed by atoms with E-state index in [1.807, 2.05) is 17.8 Å². The fourth-order valence-electron chi connectivity index (χ4n) is 4.35. The van der Waals surface area contributed by atoms with Crippen LogP contribution in [0.1, 0.15) is 110 Å². The van der Waals surface area contributed by atoms with Crippen molar-refractivity contribution in [1.29, 1.82) is 16.2 Å². The van der Waals surface area contributed by atoms with Gasteiger partial charge in [0.25, 0.3) is 0 Å². The van der Waals surface area contributed by atoms with Gasteiger partial charge in [0.2, 0.25) is 0 Å². The normalized spacial score (nSPS) is 19.5. The van der Waals surface area contributed by atoms with Crippen LogP contribution in [0.4, 0.5) is 0 Å². The molecule has 1 heterocycles. The lowest BCUT2D eigenvalue weighted by Gasteiger charge is -2.22. The van der Waals surface area contributed by atoms with Gasteiger partial charge in [0.1, 0.15) is 5.84 Å². The zero-order valence-corrected chi connectivity index (χ0v) is 22.4. The Labute approximate surface area is 212 Å². The first kappa shape index (κ1) is 28.7. The molecular weight excluding hydrogens is 436 g/mol. The Morgan fingerprint density at radius 2 is 1.91 bits per heavy atom. The number of aryl methyl sites for hydroxylation is 1. The quantitative estimate of drug-likeness (QED) is 0.146. The second-order valence-corrected chi connectivity index (χ2v) is 10.5. The van der Waals surface area contributed by atoms with E-state index in [0.717, 1.165) is 56.3 Å². The molecule has 196 valence electrons. The van der Waals surface area contributed by atoms with Crippen LogP contribution >= 0.6 is 0 Å². The molecule has 0 amide bonds. The average molecular weight is 485 g/mol. The fourth-order valence-corrected chi connectivity index (χ4v) is 4.35.